The number of alkyl halides is 34. The van der Waals surface area contributed by atoms with E-state index in [0.29, 0.717) is 28.2 Å². The molecule has 0 fully saturated rings. The molecule has 564 valence electrons. The Morgan fingerprint density at radius 2 is 0.534 bits per heavy atom. The Kier molecular flexibility index (Phi) is 23.4. The summed E-state index contributed by atoms with van der Waals surface area (Å²) in [5.41, 5.74) is -42.4. The monoisotopic (exact) mass is 1540 g/mol. The molecule has 6 aromatic rings. The van der Waals surface area contributed by atoms with E-state index in [0.717, 1.165) is 11.1 Å². The lowest BCUT2D eigenvalue weighted by atomic mass is 9.79. The fourth-order valence-corrected chi connectivity index (χ4v) is 9.49. The molecule has 0 aliphatic heterocycles. The van der Waals surface area contributed by atoms with E-state index in [1.807, 2.05) is 12.1 Å². The predicted molar refractivity (Wildman–Crippen MR) is 288 cm³/mol. The molecule has 0 heterocycles. The van der Waals surface area contributed by atoms with Crippen LogP contribution in [0.25, 0.3) is 11.1 Å². The van der Waals surface area contributed by atoms with Crippen LogP contribution in [0.1, 0.15) is 44.7 Å². The summed E-state index contributed by atoms with van der Waals surface area (Å²) >= 11 is 0. The van der Waals surface area contributed by atoms with E-state index in [2.05, 4.69) is 9.47 Å². The van der Waals surface area contributed by atoms with Crippen molar-refractivity contribution in [2.45, 2.75) is 110 Å². The number of anilines is 3. The summed E-state index contributed by atoms with van der Waals surface area (Å²) in [6.07, 6.45) is -80.6. The Labute approximate surface area is 553 Å². The van der Waals surface area contributed by atoms with Crippen molar-refractivity contribution in [1.29, 1.82) is 0 Å². The molecule has 0 N–H and O–H groups in total. The van der Waals surface area contributed by atoms with Crippen molar-refractivity contribution in [1.82, 2.24) is 0 Å². The van der Waals surface area contributed by atoms with Crippen molar-refractivity contribution < 1.29 is 178 Å². The second-order valence-corrected chi connectivity index (χ2v) is 21.3. The maximum atomic E-state index is 15.1. The van der Waals surface area contributed by atoms with Gasteiger partial charge in [0.1, 0.15) is 11.5 Å². The quantitative estimate of drug-likeness (QED) is 0.0290. The minimum Gasteiger partial charge on any atom is -0.462 e. The van der Waals surface area contributed by atoms with Crippen LogP contribution in [0.3, 0.4) is 0 Å². The molecule has 0 bridgehead atoms. The van der Waals surface area contributed by atoms with E-state index in [9.17, 15) is 141 Å². The van der Waals surface area contributed by atoms with Crippen molar-refractivity contribution in [2.75, 3.05) is 18.1 Å². The number of carbonyl (C=O) groups excluding carboxylic acids is 2. The summed E-state index contributed by atoms with van der Waals surface area (Å²) in [6.45, 7) is -1.03. The maximum absolute atomic E-state index is 15.1. The number of esters is 2. The van der Waals surface area contributed by atoms with Gasteiger partial charge in [-0.2, -0.15) is 132 Å². The zero-order valence-corrected chi connectivity index (χ0v) is 49.9. The van der Waals surface area contributed by atoms with Crippen molar-refractivity contribution in [3.8, 4) is 22.6 Å². The van der Waals surface area contributed by atoms with Gasteiger partial charge in [-0.3, -0.25) is 0 Å². The molecule has 0 spiro atoms. The third-order valence-electron chi connectivity index (χ3n) is 14.4. The van der Waals surface area contributed by atoms with Crippen LogP contribution in [-0.2, 0) is 22.3 Å². The van der Waals surface area contributed by atoms with Crippen LogP contribution in [0.5, 0.6) is 11.5 Å². The summed E-state index contributed by atoms with van der Waals surface area (Å²) < 4.78 is 490. The van der Waals surface area contributed by atoms with Gasteiger partial charge in [0.05, 0.1) is 35.5 Å². The van der Waals surface area contributed by atoms with Crippen LogP contribution in [0.15, 0.2) is 174 Å². The number of aryl methyl sites for hydroxylation is 2. The molecule has 6 aromatic carbocycles. The molecule has 7 nitrogen and oxygen atoms in total. The predicted octanol–water partition coefficient (Wildman–Crippen LogP) is 22.1. The minimum atomic E-state index is -8.42. The van der Waals surface area contributed by atoms with Gasteiger partial charge in [-0.05, 0) is 133 Å². The van der Waals surface area contributed by atoms with Crippen LogP contribution < -0.4 is 14.4 Å². The SMILES string of the molecule is O=C(OCCCc1ccc(N(c2ccc(CCCOC(=O)c3ccc(OC(=C(C(F)(C(F)(F)F)C(F)(F)F)C(F)(C(F)(F)F)C(F)(F)F)C(F)(F)F)cc3)cc2)c2ccc(-c3ccccc3)cc2)cc1)c1ccc(OC(=C(C(F)(C(F)(F)F)C(F)(F)F)C(F)(C(F)(F)F)C(F)(F)F)C(F)(F)F)cc1. The van der Waals surface area contributed by atoms with Gasteiger partial charge in [-0.25, -0.2) is 27.2 Å². The number of rotatable bonds is 22. The number of allylic oxidation sites excluding steroid dienone is 4. The van der Waals surface area contributed by atoms with Gasteiger partial charge in [-0.15, -0.1) is 0 Å². The van der Waals surface area contributed by atoms with E-state index in [1.165, 1.54) is 0 Å². The fraction of sp³-hybridized carbons (Fsp3) is 0.323. The number of hydrogen-bond donors (Lipinski definition) is 0. The first-order chi connectivity index (χ1) is 46.8. The maximum Gasteiger partial charge on any atom is 0.449 e. The van der Waals surface area contributed by atoms with Gasteiger partial charge in [0.15, 0.2) is 0 Å². The first-order valence-electron chi connectivity index (χ1n) is 27.8. The third-order valence-corrected chi connectivity index (χ3v) is 14.4. The van der Waals surface area contributed by atoms with E-state index in [1.54, 1.807) is 95.9 Å². The lowest BCUT2D eigenvalue weighted by molar-refractivity contribution is -0.367. The highest BCUT2D eigenvalue weighted by molar-refractivity contribution is 5.90. The largest absolute Gasteiger partial charge is 0.462 e. The summed E-state index contributed by atoms with van der Waals surface area (Å²) in [6, 6.07) is 29.8. The number of carbonyl (C=O) groups is 2. The summed E-state index contributed by atoms with van der Waals surface area (Å²) in [5, 5.41) is 0. The molecule has 0 amide bonds. The van der Waals surface area contributed by atoms with Gasteiger partial charge < -0.3 is 23.8 Å². The van der Waals surface area contributed by atoms with Crippen molar-refractivity contribution in [3.63, 3.8) is 0 Å². The Balaban J connectivity index is 1.15. The van der Waals surface area contributed by atoms with Crippen molar-refractivity contribution in [3.05, 3.63) is 197 Å². The first-order valence-corrected chi connectivity index (χ1v) is 27.8. The first kappa shape index (κ1) is 82.7. The van der Waals surface area contributed by atoms with Crippen LogP contribution in [0, 0.1) is 0 Å². The summed E-state index contributed by atoms with van der Waals surface area (Å²) in [7, 11) is 0. The highest BCUT2D eigenvalue weighted by atomic mass is 19.5. The van der Waals surface area contributed by atoms with Gasteiger partial charge in [0.25, 0.3) is 0 Å². The highest BCUT2D eigenvalue weighted by Gasteiger charge is 2.90. The summed E-state index contributed by atoms with van der Waals surface area (Å²) in [4.78, 5) is 27.3. The molecule has 0 saturated heterocycles. The molecule has 0 atom stereocenters. The minimum absolute atomic E-state index is 0.0473. The molecular formula is C62H37F34NO6. The van der Waals surface area contributed by atoms with Crippen LogP contribution >= 0.6 is 0 Å². The molecule has 0 radical (unpaired) electrons. The van der Waals surface area contributed by atoms with Crippen LogP contribution in [0.2, 0.25) is 0 Å². The van der Waals surface area contributed by atoms with Crippen molar-refractivity contribution >= 4 is 29.0 Å². The Bertz CT molecular complexity index is 3600. The molecular weight excluding hydrogens is 1500 g/mol. The average Bonchev–Trinajstić information content (AvgIpc) is 0.701. The molecule has 6 rings (SSSR count). The van der Waals surface area contributed by atoms with E-state index in [4.69, 9.17) is 9.47 Å². The van der Waals surface area contributed by atoms with E-state index in [-0.39, 0.29) is 74.2 Å². The molecule has 0 aliphatic carbocycles. The molecule has 0 saturated carbocycles. The molecule has 0 aromatic heterocycles. The van der Waals surface area contributed by atoms with E-state index >= 15 is 17.6 Å². The highest BCUT2D eigenvalue weighted by Crippen LogP contribution is 2.65. The number of halogens is 34. The standard InChI is InChI=1S/C62H37F34NO6/c63-49(55(73,74)75,56(76,77)78)43(50(64,57(79,80)81)58(82,83)84)45(53(67,68)69)102-41-26-16-36(17-27-41)47(98)100-30-4-6-32-10-20-38(21-11-32)97(40-24-14-35(15-25-40)34-8-2-1-3-9-34)39-22-12-33(13-23-39)7-5-31-101-48(99)37-18-28-42(29-19-37)103-46(54(70,71)72)44(51(65,59(85,86)87)60(88,89)90)52(66,61(91,92)93)62(94,95)96/h1-3,8-29H,4-7,30-31H2. The lowest BCUT2D eigenvalue weighted by Gasteiger charge is -2.41. The van der Waals surface area contributed by atoms with Crippen LogP contribution in [0.4, 0.5) is 166 Å². The third kappa shape index (κ3) is 17.2. The average molecular weight is 1540 g/mol. The normalized spacial score (nSPS) is 13.7. The van der Waals surface area contributed by atoms with Gasteiger partial charge in [0.2, 0.25) is 11.5 Å². The second-order valence-electron chi connectivity index (χ2n) is 21.3. The molecule has 0 unspecified atom stereocenters. The zero-order chi connectivity index (χ0) is 78.1. The smallest absolute Gasteiger partial charge is 0.449 e. The van der Waals surface area contributed by atoms with Gasteiger partial charge in [-0.1, -0.05) is 66.7 Å². The second kappa shape index (κ2) is 29.1. The molecule has 41 heteroatoms. The lowest BCUT2D eigenvalue weighted by Crippen LogP contribution is -2.67. The number of hydrogen-bond acceptors (Lipinski definition) is 7. The fourth-order valence-electron chi connectivity index (χ4n) is 9.49. The number of ether oxygens (including phenoxy) is 4. The van der Waals surface area contributed by atoms with E-state index < -0.39 is 155 Å². The zero-order valence-electron chi connectivity index (χ0n) is 49.9. The van der Waals surface area contributed by atoms with Gasteiger partial charge in [0, 0.05) is 17.1 Å². The number of benzene rings is 6. The number of nitrogens with zero attached hydrogens (tertiary/aromatic N) is 1. The van der Waals surface area contributed by atoms with Gasteiger partial charge >= 0.3 is 96.4 Å². The van der Waals surface area contributed by atoms with Crippen molar-refractivity contribution in [2.24, 2.45) is 0 Å². The summed E-state index contributed by atoms with van der Waals surface area (Å²) in [5.74, 6) is -16.1. The Hall–Kier alpha value is -9.24. The van der Waals surface area contributed by atoms with Crippen LogP contribution in [-0.4, -0.2) is 110 Å². The topological polar surface area (TPSA) is 74.3 Å². The Morgan fingerprint density at radius 1 is 0.291 bits per heavy atom. The molecule has 0 aliphatic rings. The Morgan fingerprint density at radius 3 is 0.777 bits per heavy atom. The molecule has 103 heavy (non-hydrogen) atoms.